The molecule has 1 aliphatic heterocycles. The molecule has 6 nitrogen and oxygen atoms in total. The number of amides is 1. The predicted octanol–water partition coefficient (Wildman–Crippen LogP) is 5.28. The highest BCUT2D eigenvalue weighted by Crippen LogP contribution is 2.40. The van der Waals surface area contributed by atoms with E-state index in [-0.39, 0.29) is 18.0 Å². The molecule has 3 aromatic carbocycles. The summed E-state index contributed by atoms with van der Waals surface area (Å²) in [6, 6.07) is 19.0. The number of rotatable bonds is 8. The quantitative estimate of drug-likeness (QED) is 0.461. The van der Waals surface area contributed by atoms with Crippen LogP contribution in [-0.2, 0) is 13.0 Å². The van der Waals surface area contributed by atoms with Crippen molar-refractivity contribution in [1.82, 2.24) is 10.2 Å². The van der Waals surface area contributed by atoms with Crippen molar-refractivity contribution >= 4 is 17.5 Å². The zero-order valence-corrected chi connectivity index (χ0v) is 21.3. The highest BCUT2D eigenvalue weighted by molar-refractivity contribution is 6.33. The lowest BCUT2D eigenvalue weighted by atomic mass is 9.87. The van der Waals surface area contributed by atoms with Gasteiger partial charge in [-0.3, -0.25) is 9.69 Å². The summed E-state index contributed by atoms with van der Waals surface area (Å²) < 4.78 is 16.6. The van der Waals surface area contributed by atoms with Crippen molar-refractivity contribution in [2.75, 3.05) is 27.9 Å². The number of carbonyl (C=O) groups excluding carboxylic acids is 1. The molecular weight excluding hydrogens is 464 g/mol. The van der Waals surface area contributed by atoms with E-state index in [0.29, 0.717) is 28.6 Å². The van der Waals surface area contributed by atoms with E-state index >= 15 is 0 Å². The molecule has 3 aromatic rings. The van der Waals surface area contributed by atoms with Crippen molar-refractivity contribution in [2.45, 2.75) is 32.0 Å². The summed E-state index contributed by atoms with van der Waals surface area (Å²) in [6.45, 7) is 3.57. The fraction of sp³-hybridized carbons (Fsp3) is 0.321. The largest absolute Gasteiger partial charge is 0.497 e. The van der Waals surface area contributed by atoms with Gasteiger partial charge in [0.1, 0.15) is 5.75 Å². The van der Waals surface area contributed by atoms with Crippen LogP contribution in [0, 0.1) is 0 Å². The summed E-state index contributed by atoms with van der Waals surface area (Å²) in [5.74, 6) is 2.00. The monoisotopic (exact) mass is 494 g/mol. The van der Waals surface area contributed by atoms with Gasteiger partial charge in [0.25, 0.3) is 5.91 Å². The third-order valence-corrected chi connectivity index (χ3v) is 6.83. The Morgan fingerprint density at radius 3 is 2.49 bits per heavy atom. The molecule has 184 valence electrons. The highest BCUT2D eigenvalue weighted by atomic mass is 35.5. The van der Waals surface area contributed by atoms with Gasteiger partial charge in [-0.25, -0.2) is 0 Å². The molecule has 0 saturated carbocycles. The minimum absolute atomic E-state index is 0.0869. The van der Waals surface area contributed by atoms with E-state index in [1.807, 2.05) is 49.4 Å². The fourth-order valence-electron chi connectivity index (χ4n) is 4.81. The Kier molecular flexibility index (Phi) is 7.83. The van der Waals surface area contributed by atoms with Gasteiger partial charge >= 0.3 is 0 Å². The van der Waals surface area contributed by atoms with Crippen LogP contribution in [0.15, 0.2) is 60.7 Å². The summed E-state index contributed by atoms with van der Waals surface area (Å²) in [5.41, 5.74) is 3.91. The van der Waals surface area contributed by atoms with E-state index in [9.17, 15) is 4.79 Å². The Balaban J connectivity index is 1.70. The summed E-state index contributed by atoms with van der Waals surface area (Å²) >= 11 is 6.29. The van der Waals surface area contributed by atoms with Crippen LogP contribution in [0.1, 0.15) is 40.0 Å². The Morgan fingerprint density at radius 1 is 1.03 bits per heavy atom. The number of benzene rings is 3. The standard InChI is InChI=1S/C28H31ClN2O4/c1-18(30-28(32)22-10-5-6-11-24(22)29)27-23-16-26(35-4)25(34-3)15-20(23)12-13-31(27)17-19-8-7-9-21(14-19)33-2/h5-11,14-16,18,27H,12-13,17H2,1-4H3,(H,30,32)/t18-,27-/m1/s1. The van der Waals surface area contributed by atoms with Gasteiger partial charge in [-0.15, -0.1) is 0 Å². The summed E-state index contributed by atoms with van der Waals surface area (Å²) in [7, 11) is 4.95. The first-order valence-electron chi connectivity index (χ1n) is 11.6. The Morgan fingerprint density at radius 2 is 1.77 bits per heavy atom. The lowest BCUT2D eigenvalue weighted by Crippen LogP contribution is -2.47. The predicted molar refractivity (Wildman–Crippen MR) is 138 cm³/mol. The smallest absolute Gasteiger partial charge is 0.253 e. The van der Waals surface area contributed by atoms with Crippen molar-refractivity contribution in [3.8, 4) is 17.2 Å². The normalized spacial score (nSPS) is 16.2. The van der Waals surface area contributed by atoms with Gasteiger partial charge < -0.3 is 19.5 Å². The number of halogens is 1. The van der Waals surface area contributed by atoms with E-state index < -0.39 is 0 Å². The van der Waals surface area contributed by atoms with Crippen LogP contribution in [0.2, 0.25) is 5.02 Å². The number of ether oxygens (including phenoxy) is 3. The van der Waals surface area contributed by atoms with Gasteiger partial charge in [0.15, 0.2) is 11.5 Å². The third kappa shape index (κ3) is 5.39. The molecule has 7 heteroatoms. The van der Waals surface area contributed by atoms with E-state index in [2.05, 4.69) is 16.3 Å². The van der Waals surface area contributed by atoms with Crippen molar-refractivity contribution in [3.05, 3.63) is 87.9 Å². The average molecular weight is 495 g/mol. The van der Waals surface area contributed by atoms with Crippen LogP contribution >= 0.6 is 11.6 Å². The molecule has 2 atom stereocenters. The minimum atomic E-state index is -0.207. The molecule has 1 heterocycles. The van der Waals surface area contributed by atoms with Crippen molar-refractivity contribution in [3.63, 3.8) is 0 Å². The van der Waals surface area contributed by atoms with Crippen LogP contribution in [0.3, 0.4) is 0 Å². The second-order valence-corrected chi connectivity index (χ2v) is 9.07. The zero-order chi connectivity index (χ0) is 24.9. The number of fused-ring (bicyclic) bond motifs is 1. The Hall–Kier alpha value is -3.22. The molecule has 0 bridgehead atoms. The molecule has 1 amide bonds. The lowest BCUT2D eigenvalue weighted by Gasteiger charge is -2.41. The maximum Gasteiger partial charge on any atom is 0.253 e. The highest BCUT2D eigenvalue weighted by Gasteiger charge is 2.34. The van der Waals surface area contributed by atoms with Crippen LogP contribution in [0.4, 0.5) is 0 Å². The van der Waals surface area contributed by atoms with Gasteiger partial charge in [-0.1, -0.05) is 35.9 Å². The maximum absolute atomic E-state index is 13.1. The van der Waals surface area contributed by atoms with Gasteiger partial charge in [0.05, 0.1) is 38.0 Å². The van der Waals surface area contributed by atoms with Crippen LogP contribution in [-0.4, -0.2) is 44.7 Å². The van der Waals surface area contributed by atoms with Crippen LogP contribution < -0.4 is 19.5 Å². The number of nitrogens with one attached hydrogen (secondary N) is 1. The minimum Gasteiger partial charge on any atom is -0.497 e. The number of carbonyl (C=O) groups is 1. The first-order valence-corrected chi connectivity index (χ1v) is 12.0. The van der Waals surface area contributed by atoms with Crippen molar-refractivity contribution in [1.29, 1.82) is 0 Å². The molecule has 0 unspecified atom stereocenters. The summed E-state index contributed by atoms with van der Waals surface area (Å²) in [5, 5.41) is 3.62. The first-order chi connectivity index (χ1) is 16.9. The second-order valence-electron chi connectivity index (χ2n) is 8.66. The molecule has 0 saturated heterocycles. The van der Waals surface area contributed by atoms with E-state index in [1.54, 1.807) is 33.5 Å². The van der Waals surface area contributed by atoms with Gasteiger partial charge in [0, 0.05) is 19.1 Å². The SMILES string of the molecule is COc1cccc(CN2CCc3cc(OC)c(OC)cc3[C@H]2[C@@H](C)NC(=O)c2ccccc2Cl)c1. The summed E-state index contributed by atoms with van der Waals surface area (Å²) in [6.07, 6.45) is 0.862. The first kappa shape index (κ1) is 24.9. The Bertz CT molecular complexity index is 1200. The van der Waals surface area contributed by atoms with E-state index in [4.69, 9.17) is 25.8 Å². The molecule has 0 fully saturated rings. The topological polar surface area (TPSA) is 60.0 Å². The molecule has 0 aromatic heterocycles. The molecule has 1 aliphatic rings. The molecule has 4 rings (SSSR count). The number of nitrogens with zero attached hydrogens (tertiary/aromatic N) is 1. The average Bonchev–Trinajstić information content (AvgIpc) is 2.87. The van der Waals surface area contributed by atoms with Crippen molar-refractivity contribution < 1.29 is 19.0 Å². The number of methoxy groups -OCH3 is 3. The molecule has 0 aliphatic carbocycles. The maximum atomic E-state index is 13.1. The lowest BCUT2D eigenvalue weighted by molar-refractivity contribution is 0.0877. The van der Waals surface area contributed by atoms with Gasteiger partial charge in [0.2, 0.25) is 0 Å². The van der Waals surface area contributed by atoms with Crippen LogP contribution in [0.25, 0.3) is 0 Å². The van der Waals surface area contributed by atoms with E-state index in [1.165, 1.54) is 5.56 Å². The molecule has 35 heavy (non-hydrogen) atoms. The molecule has 0 spiro atoms. The molecular formula is C28H31ClN2O4. The summed E-state index contributed by atoms with van der Waals surface area (Å²) in [4.78, 5) is 15.5. The van der Waals surface area contributed by atoms with E-state index in [0.717, 1.165) is 29.8 Å². The second kappa shape index (κ2) is 11.0. The van der Waals surface area contributed by atoms with Gasteiger partial charge in [-0.05, 0) is 66.4 Å². The van der Waals surface area contributed by atoms with Crippen molar-refractivity contribution in [2.24, 2.45) is 0 Å². The fourth-order valence-corrected chi connectivity index (χ4v) is 5.03. The third-order valence-electron chi connectivity index (χ3n) is 6.50. The number of hydrogen-bond acceptors (Lipinski definition) is 5. The molecule has 0 radical (unpaired) electrons. The number of hydrogen-bond donors (Lipinski definition) is 1. The van der Waals surface area contributed by atoms with Gasteiger partial charge in [-0.2, -0.15) is 0 Å². The zero-order valence-electron chi connectivity index (χ0n) is 20.5. The van der Waals surface area contributed by atoms with Crippen LogP contribution in [0.5, 0.6) is 17.2 Å². The Labute approximate surface area is 211 Å². The molecule has 1 N–H and O–H groups in total.